The quantitative estimate of drug-likeness (QED) is 0.526. The largest absolute Gasteiger partial charge is 0.314 e. The molecule has 0 bridgehead atoms. The Hall–Kier alpha value is 0.620. The van der Waals surface area contributed by atoms with Crippen LogP contribution >= 0.6 is 23.7 Å². The van der Waals surface area contributed by atoms with Crippen LogP contribution < -0.4 is 5.32 Å². The first-order chi connectivity index (χ1) is 5.43. The van der Waals surface area contributed by atoms with Crippen molar-refractivity contribution in [3.63, 3.8) is 0 Å². The van der Waals surface area contributed by atoms with Gasteiger partial charge in [-0.25, -0.2) is 4.31 Å². The molecule has 0 atom stereocenters. The van der Waals surface area contributed by atoms with Crippen LogP contribution in [0.1, 0.15) is 0 Å². The highest BCUT2D eigenvalue weighted by Crippen LogP contribution is 2.11. The fourth-order valence-electron chi connectivity index (χ4n) is 1.02. The van der Waals surface area contributed by atoms with Gasteiger partial charge in [0.2, 0.25) is 0 Å². The van der Waals surface area contributed by atoms with Gasteiger partial charge in [-0.2, -0.15) is 11.8 Å². The molecule has 0 saturated carbocycles. The standard InChI is InChI=1S/C7H16N2S2/c1-10-6-7-11-9-4-2-8-3-5-9/h8H,2-7H2,1H3. The van der Waals surface area contributed by atoms with Crippen LogP contribution in [0.15, 0.2) is 0 Å². The Labute approximate surface area is 77.6 Å². The Bertz CT molecular complexity index is 94.4. The fourth-order valence-corrected chi connectivity index (χ4v) is 2.69. The second-order valence-corrected chi connectivity index (χ2v) is 4.67. The topological polar surface area (TPSA) is 15.3 Å². The van der Waals surface area contributed by atoms with E-state index < -0.39 is 0 Å². The minimum atomic E-state index is 1.16. The zero-order valence-electron chi connectivity index (χ0n) is 7.01. The number of thioether (sulfide) groups is 1. The van der Waals surface area contributed by atoms with Gasteiger partial charge in [-0.15, -0.1) is 0 Å². The zero-order valence-corrected chi connectivity index (χ0v) is 8.64. The molecule has 1 fully saturated rings. The molecule has 0 unspecified atom stereocenters. The van der Waals surface area contributed by atoms with Crippen molar-refractivity contribution in [3.8, 4) is 0 Å². The van der Waals surface area contributed by atoms with E-state index in [9.17, 15) is 0 Å². The van der Waals surface area contributed by atoms with E-state index in [0.717, 1.165) is 13.1 Å². The third kappa shape index (κ3) is 4.25. The zero-order chi connectivity index (χ0) is 7.94. The van der Waals surface area contributed by atoms with Crippen LogP contribution in [0.5, 0.6) is 0 Å². The maximum Gasteiger partial charge on any atom is 0.0215 e. The third-order valence-electron chi connectivity index (χ3n) is 1.64. The van der Waals surface area contributed by atoms with Gasteiger partial charge in [0, 0.05) is 37.7 Å². The van der Waals surface area contributed by atoms with E-state index in [4.69, 9.17) is 0 Å². The average Bonchev–Trinajstić information content (AvgIpc) is 2.07. The van der Waals surface area contributed by atoms with Gasteiger partial charge in [-0.3, -0.25) is 0 Å². The molecule has 0 aromatic heterocycles. The molecular formula is C7H16N2S2. The van der Waals surface area contributed by atoms with Crippen LogP contribution in [0.3, 0.4) is 0 Å². The molecule has 11 heavy (non-hydrogen) atoms. The highest BCUT2D eigenvalue weighted by molar-refractivity contribution is 8.01. The monoisotopic (exact) mass is 192 g/mol. The van der Waals surface area contributed by atoms with E-state index in [2.05, 4.69) is 15.9 Å². The summed E-state index contributed by atoms with van der Waals surface area (Å²) in [5.41, 5.74) is 0. The molecule has 1 rings (SSSR count). The normalized spacial score (nSPS) is 20.5. The molecule has 66 valence electrons. The highest BCUT2D eigenvalue weighted by atomic mass is 32.2. The van der Waals surface area contributed by atoms with E-state index in [0.29, 0.717) is 0 Å². The molecule has 1 N–H and O–H groups in total. The number of hydrogen-bond acceptors (Lipinski definition) is 4. The lowest BCUT2D eigenvalue weighted by molar-refractivity contribution is 0.396. The van der Waals surface area contributed by atoms with Gasteiger partial charge >= 0.3 is 0 Å². The van der Waals surface area contributed by atoms with E-state index in [-0.39, 0.29) is 0 Å². The molecule has 4 heteroatoms. The van der Waals surface area contributed by atoms with Crippen LogP contribution in [-0.2, 0) is 0 Å². The second kappa shape index (κ2) is 6.17. The lowest BCUT2D eigenvalue weighted by Crippen LogP contribution is -2.40. The van der Waals surface area contributed by atoms with Crippen molar-refractivity contribution in [2.75, 3.05) is 43.9 Å². The molecule has 2 nitrogen and oxygen atoms in total. The van der Waals surface area contributed by atoms with Gasteiger partial charge in [-0.05, 0) is 6.26 Å². The molecule has 1 heterocycles. The number of hydrogen-bond donors (Lipinski definition) is 1. The lowest BCUT2D eigenvalue weighted by Gasteiger charge is -2.25. The van der Waals surface area contributed by atoms with Gasteiger partial charge < -0.3 is 5.32 Å². The lowest BCUT2D eigenvalue weighted by atomic mass is 10.4. The summed E-state index contributed by atoms with van der Waals surface area (Å²) < 4.78 is 2.46. The minimum absolute atomic E-state index is 1.16. The summed E-state index contributed by atoms with van der Waals surface area (Å²) in [7, 11) is 0. The third-order valence-corrected chi connectivity index (χ3v) is 3.63. The molecule has 1 aliphatic rings. The summed E-state index contributed by atoms with van der Waals surface area (Å²) in [4.78, 5) is 0. The molecule has 1 aliphatic heterocycles. The van der Waals surface area contributed by atoms with E-state index in [1.807, 2.05) is 23.7 Å². The molecule has 1 saturated heterocycles. The first kappa shape index (κ1) is 9.71. The summed E-state index contributed by atoms with van der Waals surface area (Å²) in [6.07, 6.45) is 2.16. The summed E-state index contributed by atoms with van der Waals surface area (Å²) in [5.74, 6) is 2.54. The Morgan fingerprint density at radius 2 is 2.00 bits per heavy atom. The minimum Gasteiger partial charge on any atom is -0.314 e. The number of nitrogens with zero attached hydrogens (tertiary/aromatic N) is 1. The van der Waals surface area contributed by atoms with Crippen LogP contribution in [0.2, 0.25) is 0 Å². The molecular weight excluding hydrogens is 176 g/mol. The number of nitrogens with one attached hydrogen (secondary N) is 1. The van der Waals surface area contributed by atoms with Crippen molar-refractivity contribution >= 4 is 23.7 Å². The van der Waals surface area contributed by atoms with Crippen molar-refractivity contribution in [2.45, 2.75) is 0 Å². The summed E-state index contributed by atoms with van der Waals surface area (Å²) in [6.45, 7) is 4.73. The molecule has 0 radical (unpaired) electrons. The van der Waals surface area contributed by atoms with Gasteiger partial charge in [0.1, 0.15) is 0 Å². The number of piperazine rings is 1. The molecule has 0 amide bonds. The van der Waals surface area contributed by atoms with E-state index in [1.165, 1.54) is 24.6 Å². The maximum atomic E-state index is 3.34. The van der Waals surface area contributed by atoms with E-state index >= 15 is 0 Å². The van der Waals surface area contributed by atoms with Gasteiger partial charge in [0.15, 0.2) is 0 Å². The molecule has 0 aliphatic carbocycles. The SMILES string of the molecule is CSCCSN1CCNCC1. The van der Waals surface area contributed by atoms with Crippen LogP contribution in [0.25, 0.3) is 0 Å². The molecule has 0 aromatic rings. The Kier molecular flexibility index (Phi) is 5.45. The number of rotatable bonds is 4. The fraction of sp³-hybridized carbons (Fsp3) is 1.00. The smallest absolute Gasteiger partial charge is 0.0215 e. The van der Waals surface area contributed by atoms with Crippen LogP contribution in [0.4, 0.5) is 0 Å². The van der Waals surface area contributed by atoms with Crippen LogP contribution in [0, 0.1) is 0 Å². The highest BCUT2D eigenvalue weighted by Gasteiger charge is 2.08. The van der Waals surface area contributed by atoms with Crippen molar-refractivity contribution in [1.29, 1.82) is 0 Å². The van der Waals surface area contributed by atoms with E-state index in [1.54, 1.807) is 0 Å². The summed E-state index contributed by atoms with van der Waals surface area (Å²) >= 11 is 3.92. The maximum absolute atomic E-state index is 3.34. The van der Waals surface area contributed by atoms with Crippen molar-refractivity contribution in [3.05, 3.63) is 0 Å². The van der Waals surface area contributed by atoms with Crippen LogP contribution in [-0.4, -0.2) is 48.2 Å². The van der Waals surface area contributed by atoms with Gasteiger partial charge in [-0.1, -0.05) is 11.9 Å². The van der Waals surface area contributed by atoms with Crippen molar-refractivity contribution < 1.29 is 0 Å². The second-order valence-electron chi connectivity index (χ2n) is 2.51. The average molecular weight is 192 g/mol. The summed E-state index contributed by atoms with van der Waals surface area (Å²) in [5, 5.41) is 3.34. The first-order valence-electron chi connectivity index (χ1n) is 4.01. The first-order valence-corrected chi connectivity index (χ1v) is 6.34. The molecule has 0 aromatic carbocycles. The summed E-state index contributed by atoms with van der Waals surface area (Å²) in [6, 6.07) is 0. The van der Waals surface area contributed by atoms with Gasteiger partial charge in [0.25, 0.3) is 0 Å². The van der Waals surface area contributed by atoms with Gasteiger partial charge in [0.05, 0.1) is 0 Å². The van der Waals surface area contributed by atoms with Crippen molar-refractivity contribution in [2.24, 2.45) is 0 Å². The van der Waals surface area contributed by atoms with Crippen molar-refractivity contribution in [1.82, 2.24) is 9.62 Å². The molecule has 0 spiro atoms. The Morgan fingerprint density at radius 1 is 1.27 bits per heavy atom. The Balaban J connectivity index is 1.96. The Morgan fingerprint density at radius 3 is 2.64 bits per heavy atom. The predicted molar refractivity (Wildman–Crippen MR) is 55.3 cm³/mol. The predicted octanol–water partition coefficient (Wildman–Crippen LogP) is 0.903.